The number of fused-ring (bicyclic) bond motifs is 1. The highest BCUT2D eigenvalue weighted by atomic mass is 35.5. The molecule has 9 nitrogen and oxygen atoms in total. The number of allylic oxidation sites excluding steroid dienone is 1. The molecule has 5 aromatic rings. The number of nitrogens with one attached hydrogen (secondary N) is 1. The van der Waals surface area contributed by atoms with Gasteiger partial charge in [0.05, 0.1) is 22.2 Å². The van der Waals surface area contributed by atoms with Gasteiger partial charge in [0.25, 0.3) is 15.9 Å². The monoisotopic (exact) mass is 779 g/mol. The highest BCUT2D eigenvalue weighted by Gasteiger charge is 2.44. The zero-order valence-electron chi connectivity index (χ0n) is 28.9. The lowest BCUT2D eigenvalue weighted by molar-refractivity contribution is -0.137. The predicted molar refractivity (Wildman–Crippen MR) is 210 cm³/mol. The summed E-state index contributed by atoms with van der Waals surface area (Å²) in [6, 6.07) is 36.1. The molecule has 1 aliphatic heterocycles. The first kappa shape index (κ1) is 36.9. The van der Waals surface area contributed by atoms with Crippen LogP contribution in [0.1, 0.15) is 52.4 Å². The predicted octanol–water partition coefficient (Wildman–Crippen LogP) is 9.35. The number of carbonyl (C=O) groups excluding carboxylic acids is 2. The molecule has 1 N–H and O–H groups in total. The maximum atomic E-state index is 13.8. The number of ether oxygens (including phenoxy) is 2. The molecule has 7 rings (SSSR count). The standard InChI is InChI=1S/C42H35Cl2N3O6S/c43-33-16-12-28(13-17-33)24-31-8-5-11-38-40(31)45-47(41(38)30-14-18-34(44)19-15-30)39(48)27-53-42(49)32-9-4-10-37(25-32)54(50,51)46-35-20-22-36(23-21-35)52-26-29-6-2-1-3-7-29/h1-4,6-7,9-10,12-25,38,41,46H,5,8,11,26-27H2/b31-24-. The molecular weight excluding hydrogens is 745 g/mol. The molecule has 5 aromatic carbocycles. The van der Waals surface area contributed by atoms with Crippen molar-refractivity contribution < 1.29 is 27.5 Å². The van der Waals surface area contributed by atoms with Gasteiger partial charge in [-0.15, -0.1) is 0 Å². The fourth-order valence-corrected chi connectivity index (χ4v) is 7.96. The lowest BCUT2D eigenvalue weighted by Crippen LogP contribution is -2.34. The van der Waals surface area contributed by atoms with E-state index in [1.807, 2.05) is 66.7 Å². The summed E-state index contributed by atoms with van der Waals surface area (Å²) in [6.07, 6.45) is 4.59. The van der Waals surface area contributed by atoms with Crippen molar-refractivity contribution in [3.8, 4) is 5.75 Å². The van der Waals surface area contributed by atoms with Crippen molar-refractivity contribution in [1.29, 1.82) is 0 Å². The van der Waals surface area contributed by atoms with E-state index in [0.717, 1.165) is 47.2 Å². The van der Waals surface area contributed by atoms with Crippen LogP contribution in [0, 0.1) is 5.92 Å². The molecule has 2 unspecified atom stereocenters. The summed E-state index contributed by atoms with van der Waals surface area (Å²) < 4.78 is 40.4. The number of carbonyl (C=O) groups is 2. The Kier molecular flexibility index (Phi) is 11.1. The van der Waals surface area contributed by atoms with Crippen LogP contribution in [0.4, 0.5) is 5.69 Å². The van der Waals surface area contributed by atoms with E-state index in [-0.39, 0.29) is 16.4 Å². The first-order chi connectivity index (χ1) is 26.1. The zero-order chi connectivity index (χ0) is 37.7. The minimum atomic E-state index is -4.08. The van der Waals surface area contributed by atoms with Gasteiger partial charge in [-0.3, -0.25) is 9.52 Å². The van der Waals surface area contributed by atoms with Crippen LogP contribution in [0.3, 0.4) is 0 Å². The normalized spacial score (nSPS) is 17.4. The topological polar surface area (TPSA) is 114 Å². The van der Waals surface area contributed by atoms with Crippen molar-refractivity contribution in [2.75, 3.05) is 11.3 Å². The highest BCUT2D eigenvalue weighted by Crippen LogP contribution is 2.44. The van der Waals surface area contributed by atoms with E-state index in [1.54, 1.807) is 36.4 Å². The summed E-state index contributed by atoms with van der Waals surface area (Å²) in [4.78, 5) is 26.9. The van der Waals surface area contributed by atoms with Gasteiger partial charge in [-0.25, -0.2) is 18.2 Å². The third-order valence-electron chi connectivity index (χ3n) is 9.24. The summed E-state index contributed by atoms with van der Waals surface area (Å²) in [5.74, 6) is -0.867. The van der Waals surface area contributed by atoms with E-state index in [0.29, 0.717) is 28.1 Å². The van der Waals surface area contributed by atoms with E-state index in [9.17, 15) is 18.0 Å². The van der Waals surface area contributed by atoms with Crippen LogP contribution in [0.25, 0.3) is 6.08 Å². The average molecular weight is 781 g/mol. The lowest BCUT2D eigenvalue weighted by Gasteiger charge is -2.29. The lowest BCUT2D eigenvalue weighted by atomic mass is 9.77. The van der Waals surface area contributed by atoms with Crippen molar-refractivity contribution in [2.24, 2.45) is 11.0 Å². The second kappa shape index (κ2) is 16.3. The summed E-state index contributed by atoms with van der Waals surface area (Å²) in [5, 5.41) is 7.45. The second-order valence-electron chi connectivity index (χ2n) is 12.9. The number of rotatable bonds is 11. The molecule has 274 valence electrons. The molecule has 1 aliphatic carbocycles. The maximum absolute atomic E-state index is 13.8. The smallest absolute Gasteiger partial charge is 0.338 e. The van der Waals surface area contributed by atoms with Gasteiger partial charge in [-0.05, 0) is 114 Å². The van der Waals surface area contributed by atoms with E-state index >= 15 is 0 Å². The molecule has 54 heavy (non-hydrogen) atoms. The van der Waals surface area contributed by atoms with Crippen LogP contribution in [-0.4, -0.2) is 37.6 Å². The van der Waals surface area contributed by atoms with Crippen LogP contribution in [0.5, 0.6) is 5.75 Å². The Hall–Kier alpha value is -5.42. The largest absolute Gasteiger partial charge is 0.489 e. The molecule has 2 aliphatic rings. The highest BCUT2D eigenvalue weighted by molar-refractivity contribution is 7.92. The Morgan fingerprint density at radius 3 is 2.28 bits per heavy atom. The van der Waals surface area contributed by atoms with Crippen LogP contribution < -0.4 is 9.46 Å². The Balaban J connectivity index is 1.03. The third-order valence-corrected chi connectivity index (χ3v) is 11.1. The van der Waals surface area contributed by atoms with Crippen molar-refractivity contribution in [3.63, 3.8) is 0 Å². The van der Waals surface area contributed by atoms with Gasteiger partial charge < -0.3 is 9.47 Å². The van der Waals surface area contributed by atoms with Gasteiger partial charge in [0, 0.05) is 21.7 Å². The van der Waals surface area contributed by atoms with E-state index in [1.165, 1.54) is 29.3 Å². The average Bonchev–Trinajstić information content (AvgIpc) is 3.59. The van der Waals surface area contributed by atoms with Crippen molar-refractivity contribution in [2.45, 2.75) is 36.8 Å². The van der Waals surface area contributed by atoms with Gasteiger partial charge in [0.15, 0.2) is 6.61 Å². The minimum absolute atomic E-state index is 0.0285. The molecule has 0 radical (unpaired) electrons. The molecule has 1 saturated carbocycles. The molecule has 0 aromatic heterocycles. The summed E-state index contributed by atoms with van der Waals surface area (Å²) in [6.45, 7) is -0.226. The molecule has 1 amide bonds. The summed E-state index contributed by atoms with van der Waals surface area (Å²) in [7, 11) is -4.08. The number of halogens is 2. The van der Waals surface area contributed by atoms with E-state index in [2.05, 4.69) is 10.8 Å². The Morgan fingerprint density at radius 2 is 1.56 bits per heavy atom. The number of hydrogen-bond acceptors (Lipinski definition) is 7. The van der Waals surface area contributed by atoms with E-state index in [4.69, 9.17) is 37.8 Å². The number of benzene rings is 5. The van der Waals surface area contributed by atoms with Crippen LogP contribution in [0.2, 0.25) is 10.0 Å². The Labute approximate surface area is 323 Å². The molecule has 2 atom stereocenters. The Bertz CT molecular complexity index is 2320. The van der Waals surface area contributed by atoms with Crippen molar-refractivity contribution >= 4 is 62.6 Å². The fraction of sp³-hybridized carbons (Fsp3) is 0.167. The first-order valence-corrected chi connectivity index (χ1v) is 19.6. The molecule has 0 bridgehead atoms. The third kappa shape index (κ3) is 8.68. The minimum Gasteiger partial charge on any atom is -0.489 e. The van der Waals surface area contributed by atoms with E-state index < -0.39 is 34.5 Å². The number of amides is 1. The van der Waals surface area contributed by atoms with Gasteiger partial charge in [-0.2, -0.15) is 5.10 Å². The molecule has 1 heterocycles. The summed E-state index contributed by atoms with van der Waals surface area (Å²) >= 11 is 12.3. The van der Waals surface area contributed by atoms with Crippen LogP contribution >= 0.6 is 23.2 Å². The molecule has 1 fully saturated rings. The quantitative estimate of drug-likeness (QED) is 0.134. The number of esters is 1. The molecule has 12 heteroatoms. The number of nitrogens with zero attached hydrogens (tertiary/aromatic N) is 2. The maximum Gasteiger partial charge on any atom is 0.338 e. The Morgan fingerprint density at radius 1 is 0.852 bits per heavy atom. The van der Waals surface area contributed by atoms with Crippen molar-refractivity contribution in [3.05, 3.63) is 165 Å². The zero-order valence-corrected chi connectivity index (χ0v) is 31.2. The van der Waals surface area contributed by atoms with Gasteiger partial charge in [0.1, 0.15) is 12.4 Å². The first-order valence-electron chi connectivity index (χ1n) is 17.3. The van der Waals surface area contributed by atoms with Crippen LogP contribution in [-0.2, 0) is 26.2 Å². The molecular formula is C42H35Cl2N3O6S. The molecule has 0 saturated heterocycles. The number of hydrogen-bond donors (Lipinski definition) is 1. The summed E-state index contributed by atoms with van der Waals surface area (Å²) in [5.41, 5.74) is 4.96. The van der Waals surface area contributed by atoms with Gasteiger partial charge >= 0.3 is 5.97 Å². The van der Waals surface area contributed by atoms with Crippen LogP contribution in [0.15, 0.2) is 143 Å². The number of sulfonamides is 1. The fourth-order valence-electron chi connectivity index (χ4n) is 6.60. The van der Waals surface area contributed by atoms with Crippen molar-refractivity contribution in [1.82, 2.24) is 5.01 Å². The number of anilines is 1. The number of hydrazone groups is 1. The second-order valence-corrected chi connectivity index (χ2v) is 15.5. The van der Waals surface area contributed by atoms with Gasteiger partial charge in [0.2, 0.25) is 0 Å². The molecule has 0 spiro atoms. The van der Waals surface area contributed by atoms with Gasteiger partial charge in [-0.1, -0.05) is 83.9 Å². The SMILES string of the molecule is O=C(OCC(=O)N1N=C2/C(=C\c3ccc(Cl)cc3)CCCC2C1c1ccc(Cl)cc1)c1cccc(S(=O)(=O)Nc2ccc(OCc3ccccc3)cc2)c1.